The molecule has 178 valence electrons. The number of hydrogen-bond acceptors (Lipinski definition) is 9. The van der Waals surface area contributed by atoms with Crippen LogP contribution in [0.2, 0.25) is 0 Å². The average molecular weight is 494 g/mol. The van der Waals surface area contributed by atoms with Gasteiger partial charge in [0.2, 0.25) is 5.91 Å². The van der Waals surface area contributed by atoms with E-state index in [0.717, 1.165) is 16.4 Å². The number of hydrazone groups is 1. The molecule has 1 fully saturated rings. The van der Waals surface area contributed by atoms with Gasteiger partial charge < -0.3 is 4.74 Å². The molecule has 2 N–H and O–H groups in total. The maximum atomic E-state index is 12.4. The van der Waals surface area contributed by atoms with Crippen LogP contribution in [0.1, 0.15) is 12.0 Å². The molecule has 3 amide bonds. The number of amides is 3. The summed E-state index contributed by atoms with van der Waals surface area (Å²) in [5, 5.41) is 8.61. The zero-order valence-corrected chi connectivity index (χ0v) is 18.8. The Kier molecular flexibility index (Phi) is 7.16. The summed E-state index contributed by atoms with van der Waals surface area (Å²) in [7, 11) is 0. The van der Waals surface area contributed by atoms with E-state index >= 15 is 0 Å². The Morgan fingerprint density at radius 3 is 2.54 bits per heavy atom. The van der Waals surface area contributed by atoms with E-state index < -0.39 is 34.0 Å². The summed E-state index contributed by atoms with van der Waals surface area (Å²) in [5.41, 5.74) is 3.10. The number of ether oxygens (including phenoxy) is 1. The molecule has 35 heavy (non-hydrogen) atoms. The van der Waals surface area contributed by atoms with Gasteiger partial charge in [-0.1, -0.05) is 30.0 Å². The molecule has 12 nitrogen and oxygen atoms in total. The number of esters is 1. The molecule has 1 saturated heterocycles. The summed E-state index contributed by atoms with van der Waals surface area (Å²) in [6.45, 7) is -0.312. The number of thioether (sulfide) groups is 1. The van der Waals surface area contributed by atoms with Gasteiger partial charge in [-0.25, -0.2) is 19.5 Å². The van der Waals surface area contributed by atoms with Crippen LogP contribution >= 0.6 is 11.8 Å². The Morgan fingerprint density at radius 1 is 1.11 bits per heavy atom. The molecular weight excluding hydrogens is 476 g/mol. The van der Waals surface area contributed by atoms with Crippen LogP contribution in [0.5, 0.6) is 5.75 Å². The lowest BCUT2D eigenvalue weighted by Crippen LogP contribution is -2.31. The molecule has 2 heterocycles. The van der Waals surface area contributed by atoms with Crippen LogP contribution in [0.3, 0.4) is 0 Å². The fourth-order valence-electron chi connectivity index (χ4n) is 3.04. The Bertz CT molecular complexity index is 1350. The Labute approximate surface area is 202 Å². The first-order valence-corrected chi connectivity index (χ1v) is 11.1. The molecule has 13 heteroatoms. The molecule has 4 rings (SSSR count). The number of imide groups is 1. The second kappa shape index (κ2) is 10.6. The number of benzene rings is 2. The first kappa shape index (κ1) is 23.6. The van der Waals surface area contributed by atoms with Gasteiger partial charge in [-0.3, -0.25) is 24.5 Å². The molecule has 1 aromatic heterocycles. The van der Waals surface area contributed by atoms with Crippen LogP contribution in [0.15, 0.2) is 70.8 Å². The lowest BCUT2D eigenvalue weighted by molar-refractivity contribution is -0.135. The van der Waals surface area contributed by atoms with E-state index in [0.29, 0.717) is 11.3 Å². The lowest BCUT2D eigenvalue weighted by Gasteiger charge is -2.06. The minimum absolute atomic E-state index is 0.232. The zero-order valence-electron chi connectivity index (χ0n) is 18.0. The van der Waals surface area contributed by atoms with Crippen LogP contribution in [0, 0.1) is 0 Å². The molecule has 0 radical (unpaired) electrons. The molecule has 0 aliphatic carbocycles. The molecule has 1 unspecified atom stereocenters. The van der Waals surface area contributed by atoms with Crippen LogP contribution in [-0.2, 0) is 20.9 Å². The highest BCUT2D eigenvalue weighted by molar-refractivity contribution is 8.15. The second-order valence-corrected chi connectivity index (χ2v) is 8.38. The van der Waals surface area contributed by atoms with Gasteiger partial charge in [0.05, 0.1) is 18.3 Å². The first-order chi connectivity index (χ1) is 16.9. The van der Waals surface area contributed by atoms with Crippen LogP contribution in [-0.4, -0.2) is 48.8 Å². The van der Waals surface area contributed by atoms with Crippen LogP contribution in [0.25, 0.3) is 5.69 Å². The SMILES string of the molecule is O=C(Cn1ncn(-c2ccccc2)c1=O)NN=Cc1ccc(OC(=O)CC2SC(=O)NC2=O)cc1. The molecule has 0 bridgehead atoms. The van der Waals surface area contributed by atoms with Gasteiger partial charge in [0.25, 0.3) is 11.1 Å². The van der Waals surface area contributed by atoms with E-state index in [9.17, 15) is 24.0 Å². The highest BCUT2D eigenvalue weighted by Crippen LogP contribution is 2.23. The molecule has 2 aromatic carbocycles. The minimum Gasteiger partial charge on any atom is -0.426 e. The molecule has 1 aliphatic rings. The van der Waals surface area contributed by atoms with Crippen molar-refractivity contribution in [3.8, 4) is 11.4 Å². The van der Waals surface area contributed by atoms with E-state index in [1.807, 2.05) is 6.07 Å². The Balaban J connectivity index is 1.26. The summed E-state index contributed by atoms with van der Waals surface area (Å²) in [6, 6.07) is 15.1. The number of aromatic nitrogens is 3. The van der Waals surface area contributed by atoms with Crippen molar-refractivity contribution in [2.75, 3.05) is 0 Å². The largest absolute Gasteiger partial charge is 0.426 e. The molecular formula is C22H18N6O6S. The van der Waals surface area contributed by atoms with Crippen molar-refractivity contribution in [3.63, 3.8) is 0 Å². The number of rotatable bonds is 8. The first-order valence-electron chi connectivity index (χ1n) is 10.2. The molecule has 3 aromatic rings. The van der Waals surface area contributed by atoms with Gasteiger partial charge in [-0.15, -0.1) is 0 Å². The van der Waals surface area contributed by atoms with E-state index in [-0.39, 0.29) is 18.7 Å². The van der Waals surface area contributed by atoms with E-state index in [4.69, 9.17) is 4.74 Å². The topological polar surface area (TPSA) is 154 Å². The summed E-state index contributed by atoms with van der Waals surface area (Å²) in [4.78, 5) is 59.2. The Morgan fingerprint density at radius 2 is 1.86 bits per heavy atom. The quantitative estimate of drug-likeness (QED) is 0.202. The van der Waals surface area contributed by atoms with Gasteiger partial charge in [-0.2, -0.15) is 10.2 Å². The summed E-state index contributed by atoms with van der Waals surface area (Å²) in [5.74, 6) is -1.45. The standard InChI is InChI=1S/C22H18N6O6S/c29-18(12-28-22(33)27(13-24-28)15-4-2-1-3-5-15)26-23-11-14-6-8-16(9-7-14)34-19(30)10-17-20(31)25-21(32)35-17/h1-9,11,13,17H,10,12H2,(H,26,29)(H,25,31,32). The van der Waals surface area contributed by atoms with E-state index in [1.54, 1.807) is 36.4 Å². The third-order valence-electron chi connectivity index (χ3n) is 4.69. The van der Waals surface area contributed by atoms with E-state index in [1.165, 1.54) is 29.2 Å². The number of carbonyl (C=O) groups is 4. The van der Waals surface area contributed by atoms with Gasteiger partial charge in [-0.05, 0) is 42.0 Å². The van der Waals surface area contributed by atoms with Gasteiger partial charge in [0, 0.05) is 0 Å². The predicted molar refractivity (Wildman–Crippen MR) is 125 cm³/mol. The third kappa shape index (κ3) is 6.09. The van der Waals surface area contributed by atoms with Crippen molar-refractivity contribution < 1.29 is 23.9 Å². The monoisotopic (exact) mass is 494 g/mol. The number of carbonyl (C=O) groups excluding carboxylic acids is 4. The normalized spacial score (nSPS) is 15.3. The smallest absolute Gasteiger partial charge is 0.350 e. The van der Waals surface area contributed by atoms with E-state index in [2.05, 4.69) is 20.9 Å². The molecule has 0 saturated carbocycles. The van der Waals surface area contributed by atoms with Crippen LogP contribution < -0.4 is 21.2 Å². The highest BCUT2D eigenvalue weighted by Gasteiger charge is 2.33. The number of hydrogen-bond donors (Lipinski definition) is 2. The van der Waals surface area contributed by atoms with Gasteiger partial charge in [0.1, 0.15) is 23.9 Å². The van der Waals surface area contributed by atoms with Crippen molar-refractivity contribution in [2.45, 2.75) is 18.2 Å². The molecule has 0 spiro atoms. The zero-order chi connectivity index (χ0) is 24.8. The van der Waals surface area contributed by atoms with Gasteiger partial charge in [0.15, 0.2) is 0 Å². The second-order valence-electron chi connectivity index (χ2n) is 7.20. The predicted octanol–water partition coefficient (Wildman–Crippen LogP) is 0.831. The lowest BCUT2D eigenvalue weighted by atomic mass is 10.2. The summed E-state index contributed by atoms with van der Waals surface area (Å²) >= 11 is 0.751. The van der Waals surface area contributed by atoms with Crippen molar-refractivity contribution in [1.29, 1.82) is 0 Å². The average Bonchev–Trinajstić information content (AvgIpc) is 3.35. The fourth-order valence-corrected chi connectivity index (χ4v) is 3.84. The minimum atomic E-state index is -0.798. The summed E-state index contributed by atoms with van der Waals surface area (Å²) < 4.78 is 7.51. The molecule has 1 aliphatic heterocycles. The number of nitrogens with zero attached hydrogens (tertiary/aromatic N) is 4. The number of para-hydroxylation sites is 1. The maximum Gasteiger partial charge on any atom is 0.350 e. The third-order valence-corrected chi connectivity index (χ3v) is 5.68. The summed E-state index contributed by atoms with van der Waals surface area (Å²) in [6.07, 6.45) is 2.48. The Hall–Kier alpha value is -4.52. The van der Waals surface area contributed by atoms with Crippen molar-refractivity contribution >= 4 is 41.0 Å². The van der Waals surface area contributed by atoms with Crippen molar-refractivity contribution in [1.82, 2.24) is 25.1 Å². The number of nitrogens with one attached hydrogen (secondary N) is 2. The maximum absolute atomic E-state index is 12.4. The highest BCUT2D eigenvalue weighted by atomic mass is 32.2. The van der Waals surface area contributed by atoms with Crippen molar-refractivity contribution in [3.05, 3.63) is 77.0 Å². The molecule has 1 atom stereocenters. The van der Waals surface area contributed by atoms with Crippen molar-refractivity contribution in [2.24, 2.45) is 5.10 Å². The fraction of sp³-hybridized carbons (Fsp3) is 0.136. The van der Waals surface area contributed by atoms with Gasteiger partial charge >= 0.3 is 11.7 Å². The van der Waals surface area contributed by atoms with Crippen LogP contribution in [0.4, 0.5) is 4.79 Å².